The first-order valence-electron chi connectivity index (χ1n) is 6.66. The molecule has 19 heavy (non-hydrogen) atoms. The second-order valence-electron chi connectivity index (χ2n) is 4.37. The van der Waals surface area contributed by atoms with Crippen molar-refractivity contribution in [3.8, 4) is 23.3 Å². The topological polar surface area (TPSA) is 44.5 Å². The largest absolute Gasteiger partial charge is 0.497 e. The summed E-state index contributed by atoms with van der Waals surface area (Å²) in [5.74, 6) is 7.49. The van der Waals surface area contributed by atoms with Gasteiger partial charge in [0.1, 0.15) is 11.5 Å². The summed E-state index contributed by atoms with van der Waals surface area (Å²) in [6.07, 6.45) is 2.50. The smallest absolute Gasteiger partial charge is 0.126 e. The zero-order valence-electron chi connectivity index (χ0n) is 12.0. The number of hydrogen-bond donors (Lipinski definition) is 1. The Balaban J connectivity index is 2.78. The fourth-order valence-corrected chi connectivity index (χ4v) is 1.73. The molecule has 0 aliphatic rings. The molecule has 0 saturated heterocycles. The summed E-state index contributed by atoms with van der Waals surface area (Å²) in [6, 6.07) is 6.04. The normalized spacial score (nSPS) is 11.4. The average molecular weight is 261 g/mol. The number of nitrogens with two attached hydrogens (primary N) is 1. The predicted molar refractivity (Wildman–Crippen MR) is 78.5 cm³/mol. The minimum atomic E-state index is 0.158. The summed E-state index contributed by atoms with van der Waals surface area (Å²) in [5, 5.41) is 0. The molecule has 1 atom stereocenters. The van der Waals surface area contributed by atoms with Gasteiger partial charge in [0.25, 0.3) is 0 Å². The van der Waals surface area contributed by atoms with E-state index in [1.807, 2.05) is 25.1 Å². The van der Waals surface area contributed by atoms with Crippen LogP contribution in [0.2, 0.25) is 0 Å². The lowest BCUT2D eigenvalue weighted by Gasteiger charge is -2.15. The first kappa shape index (κ1) is 15.4. The molecule has 0 saturated carbocycles. The van der Waals surface area contributed by atoms with Gasteiger partial charge in [-0.2, -0.15) is 0 Å². The zero-order chi connectivity index (χ0) is 14.1. The van der Waals surface area contributed by atoms with Crippen molar-refractivity contribution in [3.63, 3.8) is 0 Å². The summed E-state index contributed by atoms with van der Waals surface area (Å²) < 4.78 is 11.0. The number of ether oxygens (including phenoxy) is 2. The van der Waals surface area contributed by atoms with Crippen molar-refractivity contribution in [1.82, 2.24) is 0 Å². The van der Waals surface area contributed by atoms with E-state index in [0.717, 1.165) is 36.3 Å². The Morgan fingerprint density at radius 2 is 2.16 bits per heavy atom. The van der Waals surface area contributed by atoms with Crippen LogP contribution in [0.5, 0.6) is 11.5 Å². The molecule has 0 radical (unpaired) electrons. The van der Waals surface area contributed by atoms with Crippen molar-refractivity contribution in [2.75, 3.05) is 13.7 Å². The van der Waals surface area contributed by atoms with Gasteiger partial charge in [-0.05, 0) is 31.4 Å². The first-order chi connectivity index (χ1) is 9.21. The highest BCUT2D eigenvalue weighted by molar-refractivity contribution is 5.41. The third-order valence-corrected chi connectivity index (χ3v) is 2.94. The van der Waals surface area contributed by atoms with E-state index in [1.54, 1.807) is 7.11 Å². The second kappa shape index (κ2) is 8.44. The zero-order valence-corrected chi connectivity index (χ0v) is 12.0. The van der Waals surface area contributed by atoms with Crippen LogP contribution in [0.25, 0.3) is 0 Å². The van der Waals surface area contributed by atoms with Gasteiger partial charge >= 0.3 is 0 Å². The average Bonchev–Trinajstić information content (AvgIpc) is 2.44. The van der Waals surface area contributed by atoms with Crippen molar-refractivity contribution < 1.29 is 9.47 Å². The van der Waals surface area contributed by atoms with Gasteiger partial charge in [-0.1, -0.05) is 13.0 Å². The Morgan fingerprint density at radius 1 is 1.37 bits per heavy atom. The molecule has 1 aromatic rings. The highest BCUT2D eigenvalue weighted by Gasteiger charge is 2.09. The van der Waals surface area contributed by atoms with E-state index >= 15 is 0 Å². The van der Waals surface area contributed by atoms with Gasteiger partial charge in [-0.3, -0.25) is 0 Å². The summed E-state index contributed by atoms with van der Waals surface area (Å²) in [4.78, 5) is 0. The Labute approximate surface area is 116 Å². The van der Waals surface area contributed by atoms with E-state index in [4.69, 9.17) is 15.2 Å². The molecule has 0 spiro atoms. The number of rotatable bonds is 7. The van der Waals surface area contributed by atoms with Gasteiger partial charge in [0.05, 0.1) is 13.7 Å². The molecule has 2 N–H and O–H groups in total. The van der Waals surface area contributed by atoms with Gasteiger partial charge in [-0.25, -0.2) is 0 Å². The Kier molecular flexibility index (Phi) is 6.84. The van der Waals surface area contributed by atoms with Crippen LogP contribution in [0, 0.1) is 11.8 Å². The van der Waals surface area contributed by atoms with Crippen molar-refractivity contribution >= 4 is 0 Å². The molecule has 1 rings (SSSR count). The van der Waals surface area contributed by atoms with Gasteiger partial charge in [-0.15, -0.1) is 11.8 Å². The Hall–Kier alpha value is -1.66. The van der Waals surface area contributed by atoms with Crippen LogP contribution in [0.15, 0.2) is 18.2 Å². The van der Waals surface area contributed by atoms with Gasteiger partial charge in [0.2, 0.25) is 0 Å². The molecular formula is C16H23NO2. The predicted octanol–water partition coefficient (Wildman–Crippen LogP) is 2.77. The van der Waals surface area contributed by atoms with E-state index in [1.165, 1.54) is 0 Å². The molecule has 0 aromatic heterocycles. The van der Waals surface area contributed by atoms with Crippen molar-refractivity contribution in [2.24, 2.45) is 5.73 Å². The fourth-order valence-electron chi connectivity index (χ4n) is 1.73. The third kappa shape index (κ3) is 5.23. The van der Waals surface area contributed by atoms with Crippen LogP contribution < -0.4 is 15.2 Å². The number of hydrogen-bond acceptors (Lipinski definition) is 3. The standard InChI is InChI=1S/C16H23NO2/c1-4-6-7-10-19-16-12-15(18-3)9-8-13(16)11-14(17)5-2/h8-9,12,14H,5,7,10-11,17H2,1-3H3. The van der Waals surface area contributed by atoms with E-state index in [0.29, 0.717) is 6.61 Å². The van der Waals surface area contributed by atoms with E-state index in [-0.39, 0.29) is 6.04 Å². The Bertz CT molecular complexity index is 446. The maximum absolute atomic E-state index is 6.01. The molecule has 0 aliphatic carbocycles. The lowest BCUT2D eigenvalue weighted by molar-refractivity contribution is 0.319. The maximum atomic E-state index is 6.01. The lowest BCUT2D eigenvalue weighted by Crippen LogP contribution is -2.21. The first-order valence-corrected chi connectivity index (χ1v) is 6.66. The van der Waals surface area contributed by atoms with Gasteiger partial charge in [0.15, 0.2) is 0 Å². The van der Waals surface area contributed by atoms with Gasteiger partial charge < -0.3 is 15.2 Å². The van der Waals surface area contributed by atoms with Gasteiger partial charge in [0, 0.05) is 18.5 Å². The lowest BCUT2D eigenvalue weighted by atomic mass is 10.0. The minimum Gasteiger partial charge on any atom is -0.497 e. The van der Waals surface area contributed by atoms with Crippen LogP contribution in [0.4, 0.5) is 0 Å². The van der Waals surface area contributed by atoms with E-state index in [9.17, 15) is 0 Å². The van der Waals surface area contributed by atoms with Crippen LogP contribution in [-0.2, 0) is 6.42 Å². The summed E-state index contributed by atoms with van der Waals surface area (Å²) in [5.41, 5.74) is 7.14. The molecule has 3 nitrogen and oxygen atoms in total. The number of methoxy groups -OCH3 is 1. The minimum absolute atomic E-state index is 0.158. The summed E-state index contributed by atoms with van der Waals surface area (Å²) in [6.45, 7) is 4.51. The van der Waals surface area contributed by atoms with Crippen LogP contribution >= 0.6 is 0 Å². The highest BCUT2D eigenvalue weighted by atomic mass is 16.5. The second-order valence-corrected chi connectivity index (χ2v) is 4.37. The monoisotopic (exact) mass is 261 g/mol. The molecule has 0 bridgehead atoms. The molecule has 0 amide bonds. The third-order valence-electron chi connectivity index (χ3n) is 2.94. The van der Waals surface area contributed by atoms with Crippen molar-refractivity contribution in [2.45, 2.75) is 39.2 Å². The van der Waals surface area contributed by atoms with Crippen LogP contribution in [0.1, 0.15) is 32.3 Å². The Morgan fingerprint density at radius 3 is 2.79 bits per heavy atom. The molecule has 1 unspecified atom stereocenters. The SMILES string of the molecule is CC#CCCOc1cc(OC)ccc1CC(N)CC. The molecule has 0 heterocycles. The molecule has 0 aliphatic heterocycles. The van der Waals surface area contributed by atoms with Crippen molar-refractivity contribution in [3.05, 3.63) is 23.8 Å². The molecule has 3 heteroatoms. The fraction of sp³-hybridized carbons (Fsp3) is 0.500. The molecule has 104 valence electrons. The summed E-state index contributed by atoms with van der Waals surface area (Å²) >= 11 is 0. The van der Waals surface area contributed by atoms with Crippen molar-refractivity contribution in [1.29, 1.82) is 0 Å². The molecule has 0 fully saturated rings. The quantitative estimate of drug-likeness (QED) is 0.606. The van der Waals surface area contributed by atoms with Crippen LogP contribution in [0.3, 0.4) is 0 Å². The maximum Gasteiger partial charge on any atom is 0.126 e. The van der Waals surface area contributed by atoms with E-state index < -0.39 is 0 Å². The van der Waals surface area contributed by atoms with Crippen LogP contribution in [-0.4, -0.2) is 19.8 Å². The van der Waals surface area contributed by atoms with E-state index in [2.05, 4.69) is 18.8 Å². The summed E-state index contributed by atoms with van der Waals surface area (Å²) in [7, 11) is 1.65. The molecule has 1 aromatic carbocycles. The number of benzene rings is 1. The molecular weight excluding hydrogens is 238 g/mol. The highest BCUT2D eigenvalue weighted by Crippen LogP contribution is 2.26.